The molecular weight excluding hydrogens is 401 g/mol. The van der Waals surface area contributed by atoms with Gasteiger partial charge in [-0.15, -0.1) is 0 Å². The largest absolute Gasteiger partial charge is 0.494 e. The molecule has 31 heavy (non-hydrogen) atoms. The van der Waals surface area contributed by atoms with Gasteiger partial charge >= 0.3 is 6.18 Å². The van der Waals surface area contributed by atoms with Crippen LogP contribution in [0.3, 0.4) is 0 Å². The Hall–Kier alpha value is -2.05. The summed E-state index contributed by atoms with van der Waals surface area (Å²) in [6.07, 6.45) is 0.674. The lowest BCUT2D eigenvalue weighted by Gasteiger charge is -2.33. The molecule has 1 atom stereocenters. The molecule has 1 saturated heterocycles. The van der Waals surface area contributed by atoms with Gasteiger partial charge in [-0.05, 0) is 80.4 Å². The maximum absolute atomic E-state index is 12.9. The number of benzene rings is 2. The number of fused-ring (bicyclic) bond motifs is 1. The predicted octanol–water partition coefficient (Wildman–Crippen LogP) is 5.54. The highest BCUT2D eigenvalue weighted by Gasteiger charge is 2.31. The summed E-state index contributed by atoms with van der Waals surface area (Å²) in [6.45, 7) is 5.80. The van der Waals surface area contributed by atoms with Gasteiger partial charge < -0.3 is 14.5 Å². The molecule has 0 N–H and O–H groups in total. The van der Waals surface area contributed by atoms with Crippen molar-refractivity contribution in [2.75, 3.05) is 39.8 Å². The third kappa shape index (κ3) is 5.60. The van der Waals surface area contributed by atoms with Crippen LogP contribution < -0.4 is 4.74 Å². The zero-order valence-electron chi connectivity index (χ0n) is 18.1. The molecule has 0 spiro atoms. The summed E-state index contributed by atoms with van der Waals surface area (Å²) in [4.78, 5) is 4.73. The van der Waals surface area contributed by atoms with E-state index in [0.717, 1.165) is 37.4 Å². The smallest absolute Gasteiger partial charge is 0.416 e. The van der Waals surface area contributed by atoms with E-state index in [4.69, 9.17) is 4.74 Å². The number of alkyl halides is 3. The Morgan fingerprint density at radius 1 is 1.00 bits per heavy atom. The van der Waals surface area contributed by atoms with Crippen LogP contribution in [0.2, 0.25) is 0 Å². The first-order chi connectivity index (χ1) is 14.9. The minimum atomic E-state index is -4.31. The van der Waals surface area contributed by atoms with Gasteiger partial charge in [0.15, 0.2) is 0 Å². The maximum atomic E-state index is 12.9. The van der Waals surface area contributed by atoms with E-state index in [2.05, 4.69) is 21.9 Å². The summed E-state index contributed by atoms with van der Waals surface area (Å²) in [6, 6.07) is 11.8. The molecular formula is C25H31F3N2O. The second-order valence-electron chi connectivity index (χ2n) is 8.83. The maximum Gasteiger partial charge on any atom is 0.416 e. The first kappa shape index (κ1) is 22.2. The van der Waals surface area contributed by atoms with E-state index in [1.807, 2.05) is 13.1 Å². The van der Waals surface area contributed by atoms with Crippen LogP contribution in [0.15, 0.2) is 42.5 Å². The van der Waals surface area contributed by atoms with Crippen molar-refractivity contribution in [2.24, 2.45) is 0 Å². The number of hydrogen-bond donors (Lipinski definition) is 0. The molecule has 2 aliphatic heterocycles. The van der Waals surface area contributed by atoms with Crippen LogP contribution in [0.5, 0.6) is 5.75 Å². The predicted molar refractivity (Wildman–Crippen MR) is 116 cm³/mol. The van der Waals surface area contributed by atoms with Gasteiger partial charge in [0.25, 0.3) is 0 Å². The van der Waals surface area contributed by atoms with E-state index in [1.165, 1.54) is 55.6 Å². The molecule has 2 aliphatic rings. The topological polar surface area (TPSA) is 15.7 Å². The van der Waals surface area contributed by atoms with Gasteiger partial charge in [0.2, 0.25) is 0 Å². The van der Waals surface area contributed by atoms with E-state index >= 15 is 0 Å². The van der Waals surface area contributed by atoms with Gasteiger partial charge in [-0.25, -0.2) is 0 Å². The van der Waals surface area contributed by atoms with E-state index in [1.54, 1.807) is 12.1 Å². The molecule has 0 amide bonds. The quantitative estimate of drug-likeness (QED) is 0.558. The fraction of sp³-hybridized carbons (Fsp3) is 0.520. The van der Waals surface area contributed by atoms with Crippen LogP contribution in [0.25, 0.3) is 0 Å². The monoisotopic (exact) mass is 432 g/mol. The first-order valence-corrected chi connectivity index (χ1v) is 11.2. The van der Waals surface area contributed by atoms with E-state index in [9.17, 15) is 13.2 Å². The number of rotatable bonds is 6. The first-order valence-electron chi connectivity index (χ1n) is 11.2. The highest BCUT2D eigenvalue weighted by Crippen LogP contribution is 2.36. The van der Waals surface area contributed by atoms with Crippen LogP contribution in [-0.2, 0) is 12.7 Å². The Kier molecular flexibility index (Phi) is 6.87. The standard InChI is InChI=1S/C25H31F3N2O/c1-29-17-20-16-22(31-15-5-14-30-12-3-2-4-13-30)10-11-23(20)24(18-29)19-6-8-21(9-7-19)25(26,27)28/h6-11,16,24H,2-5,12-15,17-18H2,1H3. The van der Waals surface area contributed by atoms with E-state index < -0.39 is 11.7 Å². The molecule has 0 saturated carbocycles. The Balaban J connectivity index is 1.41. The molecule has 4 rings (SSSR count). The van der Waals surface area contributed by atoms with Crippen LogP contribution in [0.1, 0.15) is 53.9 Å². The number of piperidine rings is 1. The average Bonchev–Trinajstić information content (AvgIpc) is 2.76. The molecule has 1 fully saturated rings. The van der Waals surface area contributed by atoms with E-state index in [-0.39, 0.29) is 5.92 Å². The summed E-state index contributed by atoms with van der Waals surface area (Å²) in [5.41, 5.74) is 2.68. The number of halogens is 3. The molecule has 2 heterocycles. The van der Waals surface area contributed by atoms with Crippen molar-refractivity contribution in [1.82, 2.24) is 9.80 Å². The van der Waals surface area contributed by atoms with E-state index in [0.29, 0.717) is 6.61 Å². The molecule has 0 bridgehead atoms. The normalized spacial score (nSPS) is 20.5. The Morgan fingerprint density at radius 2 is 1.74 bits per heavy atom. The second kappa shape index (κ2) is 9.61. The lowest BCUT2D eigenvalue weighted by molar-refractivity contribution is -0.137. The zero-order valence-corrected chi connectivity index (χ0v) is 18.1. The van der Waals surface area contributed by atoms with Crippen LogP contribution in [0.4, 0.5) is 13.2 Å². The van der Waals surface area contributed by atoms with Gasteiger partial charge in [-0.2, -0.15) is 13.2 Å². The summed E-state index contributed by atoms with van der Waals surface area (Å²) in [5, 5.41) is 0. The Bertz CT molecular complexity index is 860. The highest BCUT2D eigenvalue weighted by atomic mass is 19.4. The number of ether oxygens (including phenoxy) is 1. The number of hydrogen-bond acceptors (Lipinski definition) is 3. The zero-order chi connectivity index (χ0) is 21.8. The summed E-state index contributed by atoms with van der Waals surface area (Å²) in [7, 11) is 2.05. The van der Waals surface area contributed by atoms with Gasteiger partial charge in [0.05, 0.1) is 12.2 Å². The van der Waals surface area contributed by atoms with Gasteiger partial charge in [0.1, 0.15) is 5.75 Å². The molecule has 6 heteroatoms. The van der Waals surface area contributed by atoms with Crippen molar-refractivity contribution in [1.29, 1.82) is 0 Å². The third-order valence-electron chi connectivity index (χ3n) is 6.40. The molecule has 1 unspecified atom stereocenters. The number of likely N-dealkylation sites (tertiary alicyclic amines) is 1. The molecule has 2 aromatic carbocycles. The van der Waals surface area contributed by atoms with Crippen LogP contribution >= 0.6 is 0 Å². The van der Waals surface area contributed by atoms with Gasteiger partial charge in [0, 0.05) is 25.6 Å². The third-order valence-corrected chi connectivity index (χ3v) is 6.40. The molecule has 2 aromatic rings. The number of nitrogens with zero attached hydrogens (tertiary/aromatic N) is 2. The minimum Gasteiger partial charge on any atom is -0.494 e. The van der Waals surface area contributed by atoms with Crippen molar-refractivity contribution in [3.8, 4) is 5.75 Å². The summed E-state index contributed by atoms with van der Waals surface area (Å²) in [5.74, 6) is 0.933. The van der Waals surface area contributed by atoms with Crippen molar-refractivity contribution >= 4 is 0 Å². The van der Waals surface area contributed by atoms with Crippen LogP contribution in [-0.4, -0.2) is 49.6 Å². The van der Waals surface area contributed by atoms with Crippen molar-refractivity contribution < 1.29 is 17.9 Å². The molecule has 0 aromatic heterocycles. The fourth-order valence-corrected chi connectivity index (χ4v) is 4.76. The number of likely N-dealkylation sites (N-methyl/N-ethyl adjacent to an activating group) is 1. The fourth-order valence-electron chi connectivity index (χ4n) is 4.76. The van der Waals surface area contributed by atoms with Crippen molar-refractivity contribution in [3.05, 3.63) is 64.7 Å². The Morgan fingerprint density at radius 3 is 2.45 bits per heavy atom. The molecule has 3 nitrogen and oxygen atoms in total. The summed E-state index contributed by atoms with van der Waals surface area (Å²) < 4.78 is 44.8. The molecule has 0 radical (unpaired) electrons. The second-order valence-corrected chi connectivity index (χ2v) is 8.83. The van der Waals surface area contributed by atoms with Crippen molar-refractivity contribution in [3.63, 3.8) is 0 Å². The lowest BCUT2D eigenvalue weighted by atomic mass is 9.84. The lowest BCUT2D eigenvalue weighted by Crippen LogP contribution is -2.31. The van der Waals surface area contributed by atoms with Crippen LogP contribution in [0, 0.1) is 0 Å². The average molecular weight is 433 g/mol. The molecule has 0 aliphatic carbocycles. The molecule has 168 valence electrons. The SMILES string of the molecule is CN1Cc2cc(OCCCN3CCCCC3)ccc2C(c2ccc(C(F)(F)F)cc2)C1. The summed E-state index contributed by atoms with van der Waals surface area (Å²) >= 11 is 0. The Labute approximate surface area is 182 Å². The van der Waals surface area contributed by atoms with Gasteiger partial charge in [-0.1, -0.05) is 24.6 Å². The van der Waals surface area contributed by atoms with Crippen molar-refractivity contribution in [2.45, 2.75) is 44.3 Å². The minimum absolute atomic E-state index is 0.0594. The highest BCUT2D eigenvalue weighted by molar-refractivity contribution is 5.44. The van der Waals surface area contributed by atoms with Gasteiger partial charge in [-0.3, -0.25) is 0 Å².